The third-order valence-electron chi connectivity index (χ3n) is 4.66. The number of amides is 2. The van der Waals surface area contributed by atoms with Gasteiger partial charge in [0.2, 0.25) is 5.91 Å². The number of ether oxygens (including phenoxy) is 2. The molecule has 1 fully saturated rings. The summed E-state index contributed by atoms with van der Waals surface area (Å²) in [4.78, 5) is 39.2. The molecule has 0 saturated carbocycles. The number of pyridine rings is 1. The summed E-state index contributed by atoms with van der Waals surface area (Å²) < 4.78 is 11.1. The summed E-state index contributed by atoms with van der Waals surface area (Å²) in [5.74, 6) is 0.297. The van der Waals surface area contributed by atoms with Crippen LogP contribution in [0.3, 0.4) is 0 Å². The smallest absolute Gasteiger partial charge is 0.306 e. The first-order chi connectivity index (χ1) is 15.2. The number of benzene rings is 1. The van der Waals surface area contributed by atoms with Crippen LogP contribution in [0.25, 0.3) is 0 Å². The van der Waals surface area contributed by atoms with Gasteiger partial charge in [0.15, 0.2) is 0 Å². The van der Waals surface area contributed by atoms with Gasteiger partial charge in [0.05, 0.1) is 11.9 Å². The molecule has 1 aromatic carbocycles. The fraction of sp³-hybridized carbons (Fsp3) is 0.417. The Morgan fingerprint density at radius 1 is 1.06 bits per heavy atom. The van der Waals surface area contributed by atoms with E-state index in [1.807, 2.05) is 57.2 Å². The number of nitrogens with one attached hydrogen (secondary N) is 1. The molecule has 0 aliphatic carbocycles. The number of imide groups is 1. The minimum Gasteiger partial charge on any atom is -0.493 e. The van der Waals surface area contributed by atoms with E-state index in [0.29, 0.717) is 32.3 Å². The van der Waals surface area contributed by atoms with E-state index < -0.39 is 5.60 Å². The molecule has 3 rings (SSSR count). The highest BCUT2D eigenvalue weighted by Crippen LogP contribution is 2.24. The summed E-state index contributed by atoms with van der Waals surface area (Å²) in [7, 11) is 0. The van der Waals surface area contributed by atoms with Crippen LogP contribution in [0.15, 0.2) is 42.6 Å². The molecule has 7 nitrogen and oxygen atoms in total. The maximum Gasteiger partial charge on any atom is 0.306 e. The number of thioether (sulfide) groups is 1. The van der Waals surface area contributed by atoms with Gasteiger partial charge in [-0.15, -0.1) is 0 Å². The molecule has 170 valence electrons. The minimum absolute atomic E-state index is 0.209. The molecule has 1 aromatic heterocycles. The Balaban J connectivity index is 1.39. The molecule has 8 heteroatoms. The van der Waals surface area contributed by atoms with Crippen LogP contribution in [0, 0.1) is 0 Å². The standard InChI is InChI=1S/C24H28N2O5S/c1-24(2,3)31-21(27)11-7-17-4-8-18(25-15-17)12-13-30-19-9-5-16(6-10-19)14-20-22(28)26-23(29)32-20/h4-6,8-10,15,20H,7,11-14H2,1-3H3,(H,26,28,29). The maximum absolute atomic E-state index is 11.8. The van der Waals surface area contributed by atoms with Gasteiger partial charge in [-0.1, -0.05) is 30.0 Å². The summed E-state index contributed by atoms with van der Waals surface area (Å²) in [6, 6.07) is 11.5. The number of rotatable bonds is 9. The summed E-state index contributed by atoms with van der Waals surface area (Å²) in [6.45, 7) is 6.06. The Bertz CT molecular complexity index is 952. The van der Waals surface area contributed by atoms with Crippen LogP contribution in [0.1, 0.15) is 44.0 Å². The van der Waals surface area contributed by atoms with Crippen LogP contribution in [0.4, 0.5) is 4.79 Å². The first kappa shape index (κ1) is 23.8. The second kappa shape index (κ2) is 10.6. The lowest BCUT2D eigenvalue weighted by Gasteiger charge is -2.19. The van der Waals surface area contributed by atoms with E-state index in [2.05, 4.69) is 10.3 Å². The molecule has 0 spiro atoms. The van der Waals surface area contributed by atoms with Gasteiger partial charge < -0.3 is 9.47 Å². The van der Waals surface area contributed by atoms with Gasteiger partial charge in [0.25, 0.3) is 5.24 Å². The topological polar surface area (TPSA) is 94.6 Å². The molecule has 32 heavy (non-hydrogen) atoms. The predicted molar refractivity (Wildman–Crippen MR) is 123 cm³/mol. The van der Waals surface area contributed by atoms with Gasteiger partial charge in [-0.2, -0.15) is 0 Å². The van der Waals surface area contributed by atoms with Crippen molar-refractivity contribution in [1.82, 2.24) is 10.3 Å². The molecule has 2 aromatic rings. The second-order valence-corrected chi connectivity index (χ2v) is 9.75. The normalized spacial score (nSPS) is 16.0. The number of esters is 1. The van der Waals surface area contributed by atoms with Crippen LogP contribution >= 0.6 is 11.8 Å². The van der Waals surface area contributed by atoms with Crippen molar-refractivity contribution in [1.29, 1.82) is 0 Å². The van der Waals surface area contributed by atoms with E-state index >= 15 is 0 Å². The lowest BCUT2D eigenvalue weighted by molar-refractivity contribution is -0.154. The van der Waals surface area contributed by atoms with Crippen LogP contribution in [-0.2, 0) is 33.6 Å². The molecule has 1 saturated heterocycles. The van der Waals surface area contributed by atoms with Gasteiger partial charge in [-0.3, -0.25) is 24.7 Å². The number of aromatic nitrogens is 1. The van der Waals surface area contributed by atoms with Gasteiger partial charge >= 0.3 is 5.97 Å². The average Bonchev–Trinajstić information content (AvgIpc) is 3.04. The minimum atomic E-state index is -0.467. The van der Waals surface area contributed by atoms with Crippen LogP contribution in [-0.4, -0.2) is 39.6 Å². The first-order valence-electron chi connectivity index (χ1n) is 10.6. The molecule has 0 bridgehead atoms. The van der Waals surface area contributed by atoms with Crippen molar-refractivity contribution >= 4 is 28.9 Å². The van der Waals surface area contributed by atoms with Crippen molar-refractivity contribution in [2.24, 2.45) is 0 Å². The van der Waals surface area contributed by atoms with Crippen molar-refractivity contribution in [3.8, 4) is 5.75 Å². The number of carbonyl (C=O) groups excluding carboxylic acids is 3. The molecule has 1 aliphatic rings. The molecule has 1 N–H and O–H groups in total. The fourth-order valence-corrected chi connectivity index (χ4v) is 3.99. The monoisotopic (exact) mass is 456 g/mol. The van der Waals surface area contributed by atoms with Gasteiger partial charge in [-0.05, 0) is 62.9 Å². The highest BCUT2D eigenvalue weighted by molar-refractivity contribution is 8.15. The van der Waals surface area contributed by atoms with E-state index in [1.165, 1.54) is 0 Å². The van der Waals surface area contributed by atoms with Crippen LogP contribution < -0.4 is 10.1 Å². The Morgan fingerprint density at radius 3 is 2.38 bits per heavy atom. The van der Waals surface area contributed by atoms with E-state index in [0.717, 1.165) is 34.3 Å². The van der Waals surface area contributed by atoms with Crippen molar-refractivity contribution in [2.75, 3.05) is 6.61 Å². The zero-order valence-electron chi connectivity index (χ0n) is 18.6. The summed E-state index contributed by atoms with van der Waals surface area (Å²) in [6.07, 6.45) is 3.89. The number of nitrogens with zero attached hydrogens (tertiary/aromatic N) is 1. The molecule has 1 aliphatic heterocycles. The summed E-state index contributed by atoms with van der Waals surface area (Å²) >= 11 is 1.03. The highest BCUT2D eigenvalue weighted by atomic mass is 32.2. The lowest BCUT2D eigenvalue weighted by atomic mass is 10.1. The molecule has 0 radical (unpaired) electrons. The van der Waals surface area contributed by atoms with Gasteiger partial charge in [-0.25, -0.2) is 0 Å². The Morgan fingerprint density at radius 2 is 1.78 bits per heavy atom. The largest absolute Gasteiger partial charge is 0.493 e. The lowest BCUT2D eigenvalue weighted by Crippen LogP contribution is -2.25. The molecular weight excluding hydrogens is 428 g/mol. The molecule has 1 unspecified atom stereocenters. The average molecular weight is 457 g/mol. The van der Waals surface area contributed by atoms with Gasteiger partial charge in [0.1, 0.15) is 11.4 Å². The Labute approximate surface area is 192 Å². The SMILES string of the molecule is CC(C)(C)OC(=O)CCc1ccc(CCOc2ccc(CC3SC(=O)NC3=O)cc2)nc1. The van der Waals surface area contributed by atoms with E-state index in [4.69, 9.17) is 9.47 Å². The first-order valence-corrected chi connectivity index (χ1v) is 11.4. The van der Waals surface area contributed by atoms with E-state index in [1.54, 1.807) is 6.20 Å². The highest BCUT2D eigenvalue weighted by Gasteiger charge is 2.31. The summed E-state index contributed by atoms with van der Waals surface area (Å²) in [5, 5.41) is 1.64. The third-order valence-corrected chi connectivity index (χ3v) is 5.64. The Kier molecular flexibility index (Phi) is 7.90. The molecule has 1 atom stereocenters. The maximum atomic E-state index is 11.8. The Hall–Kier alpha value is -2.87. The van der Waals surface area contributed by atoms with Crippen molar-refractivity contribution in [2.45, 2.75) is 57.3 Å². The third kappa shape index (κ3) is 7.67. The van der Waals surface area contributed by atoms with E-state index in [-0.39, 0.29) is 22.4 Å². The number of carbonyl (C=O) groups is 3. The zero-order valence-corrected chi connectivity index (χ0v) is 19.4. The van der Waals surface area contributed by atoms with Gasteiger partial charge in [0, 0.05) is 24.7 Å². The number of hydrogen-bond donors (Lipinski definition) is 1. The second-order valence-electron chi connectivity index (χ2n) is 8.57. The quantitative estimate of drug-likeness (QED) is 0.572. The van der Waals surface area contributed by atoms with Crippen molar-refractivity contribution < 1.29 is 23.9 Å². The molecular formula is C24H28N2O5S. The number of aryl methyl sites for hydroxylation is 1. The van der Waals surface area contributed by atoms with Crippen LogP contribution in [0.2, 0.25) is 0 Å². The van der Waals surface area contributed by atoms with Crippen molar-refractivity contribution in [3.05, 3.63) is 59.4 Å². The fourth-order valence-electron chi connectivity index (χ4n) is 3.13. The number of hydrogen-bond acceptors (Lipinski definition) is 7. The predicted octanol–water partition coefficient (Wildman–Crippen LogP) is 3.87. The molecule has 2 amide bonds. The molecule has 2 heterocycles. The zero-order chi connectivity index (χ0) is 23.1. The van der Waals surface area contributed by atoms with Crippen molar-refractivity contribution in [3.63, 3.8) is 0 Å². The van der Waals surface area contributed by atoms with Crippen LogP contribution in [0.5, 0.6) is 5.75 Å². The van der Waals surface area contributed by atoms with E-state index in [9.17, 15) is 14.4 Å². The summed E-state index contributed by atoms with van der Waals surface area (Å²) in [5.41, 5.74) is 2.41.